The number of rotatable bonds is 3. The molecule has 2 bridgehead atoms. The van der Waals surface area contributed by atoms with Gasteiger partial charge in [-0.3, -0.25) is 4.79 Å². The van der Waals surface area contributed by atoms with Crippen LogP contribution in [0.1, 0.15) is 52.4 Å². The third-order valence-electron chi connectivity index (χ3n) is 5.13. The molecule has 2 aliphatic heterocycles. The Morgan fingerprint density at radius 3 is 2.47 bits per heavy atom. The van der Waals surface area contributed by atoms with Gasteiger partial charge >= 0.3 is 0 Å². The van der Waals surface area contributed by atoms with Crippen LogP contribution >= 0.6 is 0 Å². The Bertz CT molecular complexity index is 375. The van der Waals surface area contributed by atoms with Gasteiger partial charge in [0.15, 0.2) is 0 Å². The van der Waals surface area contributed by atoms with E-state index in [2.05, 4.69) is 23.3 Å². The SMILES string of the molecule is CCC(C)(C#N)C(=O)NC1CC2CCCC(C1)N2C. The quantitative estimate of drug-likeness (QED) is 0.848. The fraction of sp³-hybridized carbons (Fsp3) is 0.867. The highest BCUT2D eigenvalue weighted by atomic mass is 16.2. The van der Waals surface area contributed by atoms with Crippen molar-refractivity contribution >= 4 is 5.91 Å². The minimum Gasteiger partial charge on any atom is -0.352 e. The van der Waals surface area contributed by atoms with E-state index in [4.69, 9.17) is 5.26 Å². The first-order valence-electron chi connectivity index (χ1n) is 7.44. The van der Waals surface area contributed by atoms with Gasteiger partial charge in [-0.1, -0.05) is 13.3 Å². The molecule has 2 aliphatic rings. The van der Waals surface area contributed by atoms with Crippen LogP contribution in [0, 0.1) is 16.7 Å². The predicted molar refractivity (Wildman–Crippen MR) is 74.4 cm³/mol. The second kappa shape index (κ2) is 5.50. The minimum atomic E-state index is -0.877. The number of carbonyl (C=O) groups is 1. The monoisotopic (exact) mass is 263 g/mol. The van der Waals surface area contributed by atoms with E-state index in [1.807, 2.05) is 6.92 Å². The van der Waals surface area contributed by atoms with Crippen molar-refractivity contribution in [2.24, 2.45) is 5.41 Å². The van der Waals surface area contributed by atoms with Crippen LogP contribution in [0.4, 0.5) is 0 Å². The fourth-order valence-corrected chi connectivity index (χ4v) is 3.37. The molecule has 4 nitrogen and oxygen atoms in total. The summed E-state index contributed by atoms with van der Waals surface area (Å²) in [5.41, 5.74) is -0.877. The normalized spacial score (nSPS) is 34.1. The number of carbonyl (C=O) groups excluding carboxylic acids is 1. The lowest BCUT2D eigenvalue weighted by Crippen LogP contribution is -2.56. The maximum Gasteiger partial charge on any atom is 0.240 e. The van der Waals surface area contributed by atoms with E-state index in [9.17, 15) is 4.79 Å². The maximum absolute atomic E-state index is 12.2. The van der Waals surface area contributed by atoms with Gasteiger partial charge in [-0.25, -0.2) is 0 Å². The molecule has 19 heavy (non-hydrogen) atoms. The topological polar surface area (TPSA) is 56.1 Å². The molecule has 106 valence electrons. The van der Waals surface area contributed by atoms with Crippen molar-refractivity contribution in [2.75, 3.05) is 7.05 Å². The Morgan fingerprint density at radius 2 is 2.00 bits per heavy atom. The highest BCUT2D eigenvalue weighted by Crippen LogP contribution is 2.33. The van der Waals surface area contributed by atoms with Gasteiger partial charge in [-0.2, -0.15) is 5.26 Å². The first kappa shape index (κ1) is 14.3. The van der Waals surface area contributed by atoms with Gasteiger partial charge in [0.2, 0.25) is 5.91 Å². The van der Waals surface area contributed by atoms with Gasteiger partial charge in [-0.05, 0) is 46.1 Å². The maximum atomic E-state index is 12.2. The molecular formula is C15H25N3O. The van der Waals surface area contributed by atoms with Crippen molar-refractivity contribution in [1.82, 2.24) is 10.2 Å². The van der Waals surface area contributed by atoms with E-state index in [1.165, 1.54) is 19.3 Å². The van der Waals surface area contributed by atoms with Crippen LogP contribution in [0.3, 0.4) is 0 Å². The molecule has 2 fully saturated rings. The number of nitrogens with zero attached hydrogens (tertiary/aromatic N) is 2. The number of hydrogen-bond donors (Lipinski definition) is 1. The summed E-state index contributed by atoms with van der Waals surface area (Å²) >= 11 is 0. The van der Waals surface area contributed by atoms with Crippen LogP contribution < -0.4 is 5.32 Å². The zero-order valence-electron chi connectivity index (χ0n) is 12.3. The molecule has 0 radical (unpaired) electrons. The van der Waals surface area contributed by atoms with Crippen LogP contribution in [-0.2, 0) is 4.79 Å². The van der Waals surface area contributed by atoms with Gasteiger partial charge in [0, 0.05) is 18.1 Å². The van der Waals surface area contributed by atoms with Crippen molar-refractivity contribution in [3.8, 4) is 6.07 Å². The van der Waals surface area contributed by atoms with Crippen molar-refractivity contribution in [3.05, 3.63) is 0 Å². The van der Waals surface area contributed by atoms with E-state index in [0.29, 0.717) is 18.5 Å². The van der Waals surface area contributed by atoms with Crippen molar-refractivity contribution < 1.29 is 4.79 Å². The largest absolute Gasteiger partial charge is 0.352 e. The summed E-state index contributed by atoms with van der Waals surface area (Å²) in [6.07, 6.45) is 6.42. The Hall–Kier alpha value is -1.08. The Morgan fingerprint density at radius 1 is 1.42 bits per heavy atom. The molecule has 1 N–H and O–H groups in total. The molecule has 0 aromatic carbocycles. The number of nitriles is 1. The van der Waals surface area contributed by atoms with E-state index in [0.717, 1.165) is 12.8 Å². The fourth-order valence-electron chi connectivity index (χ4n) is 3.37. The summed E-state index contributed by atoms with van der Waals surface area (Å²) < 4.78 is 0. The standard InChI is InChI=1S/C15H25N3O/c1-4-15(2,10-16)14(19)17-11-8-12-6-5-7-13(9-11)18(12)3/h11-13H,4-9H2,1-3H3,(H,17,19). The number of piperidine rings is 2. The summed E-state index contributed by atoms with van der Waals surface area (Å²) in [7, 11) is 2.21. The molecule has 1 amide bonds. The van der Waals surface area contributed by atoms with E-state index in [1.54, 1.807) is 6.92 Å². The van der Waals surface area contributed by atoms with Crippen LogP contribution in [0.2, 0.25) is 0 Å². The molecule has 0 aromatic heterocycles. The molecular weight excluding hydrogens is 238 g/mol. The molecule has 2 heterocycles. The lowest BCUT2D eigenvalue weighted by Gasteiger charge is -2.47. The van der Waals surface area contributed by atoms with E-state index >= 15 is 0 Å². The lowest BCUT2D eigenvalue weighted by molar-refractivity contribution is -0.129. The van der Waals surface area contributed by atoms with E-state index < -0.39 is 5.41 Å². The second-order valence-corrected chi connectivity index (χ2v) is 6.34. The van der Waals surface area contributed by atoms with Crippen molar-refractivity contribution in [1.29, 1.82) is 5.26 Å². The summed E-state index contributed by atoms with van der Waals surface area (Å²) in [5, 5.41) is 12.3. The zero-order valence-corrected chi connectivity index (χ0v) is 12.3. The molecule has 3 unspecified atom stereocenters. The average Bonchev–Trinajstić information content (AvgIpc) is 2.39. The molecule has 2 saturated heterocycles. The highest BCUT2D eigenvalue weighted by Gasteiger charge is 2.39. The number of amides is 1. The van der Waals surface area contributed by atoms with E-state index in [-0.39, 0.29) is 11.9 Å². The van der Waals surface area contributed by atoms with Gasteiger partial charge < -0.3 is 10.2 Å². The van der Waals surface area contributed by atoms with Crippen LogP contribution in [0.5, 0.6) is 0 Å². The summed E-state index contributed by atoms with van der Waals surface area (Å²) in [6.45, 7) is 3.63. The van der Waals surface area contributed by atoms with Gasteiger partial charge in [-0.15, -0.1) is 0 Å². The average molecular weight is 263 g/mol. The summed E-state index contributed by atoms with van der Waals surface area (Å²) in [5.74, 6) is -0.0925. The Labute approximate surface area is 116 Å². The molecule has 3 atom stereocenters. The molecule has 4 heteroatoms. The predicted octanol–water partition coefficient (Wildman–Crippen LogP) is 2.06. The van der Waals surface area contributed by atoms with Crippen LogP contribution in [-0.4, -0.2) is 36.0 Å². The number of fused-ring (bicyclic) bond motifs is 2. The first-order chi connectivity index (χ1) is 9.00. The van der Waals surface area contributed by atoms with Crippen molar-refractivity contribution in [2.45, 2.75) is 70.5 Å². The molecule has 0 aliphatic carbocycles. The number of hydrogen-bond acceptors (Lipinski definition) is 3. The first-order valence-corrected chi connectivity index (χ1v) is 7.44. The molecule has 2 rings (SSSR count). The lowest BCUT2D eigenvalue weighted by atomic mass is 9.81. The van der Waals surface area contributed by atoms with Crippen molar-refractivity contribution in [3.63, 3.8) is 0 Å². The molecule has 0 spiro atoms. The Balaban J connectivity index is 1.98. The van der Waals surface area contributed by atoms with Gasteiger partial charge in [0.25, 0.3) is 0 Å². The Kier molecular flexibility index (Phi) is 4.15. The third kappa shape index (κ3) is 2.76. The third-order valence-corrected chi connectivity index (χ3v) is 5.13. The van der Waals surface area contributed by atoms with Crippen LogP contribution in [0.25, 0.3) is 0 Å². The second-order valence-electron chi connectivity index (χ2n) is 6.34. The summed E-state index contributed by atoms with van der Waals surface area (Å²) in [6, 6.07) is 3.61. The summed E-state index contributed by atoms with van der Waals surface area (Å²) in [4.78, 5) is 14.7. The highest BCUT2D eigenvalue weighted by molar-refractivity contribution is 5.85. The van der Waals surface area contributed by atoms with Crippen LogP contribution in [0.15, 0.2) is 0 Å². The zero-order chi connectivity index (χ0) is 14.0. The molecule has 0 aromatic rings. The van der Waals surface area contributed by atoms with Gasteiger partial charge in [0.05, 0.1) is 6.07 Å². The van der Waals surface area contributed by atoms with Gasteiger partial charge in [0.1, 0.15) is 5.41 Å². The number of nitrogens with one attached hydrogen (secondary N) is 1. The molecule has 0 saturated carbocycles. The smallest absolute Gasteiger partial charge is 0.240 e. The minimum absolute atomic E-state index is 0.0925.